The molecule has 0 saturated heterocycles. The van der Waals surface area contributed by atoms with Gasteiger partial charge in [0.1, 0.15) is 40.5 Å². The zero-order valence-electron chi connectivity index (χ0n) is 69.4. The van der Waals surface area contributed by atoms with E-state index in [4.69, 9.17) is 125 Å². The Morgan fingerprint density at radius 1 is 0.376 bits per heavy atom. The number of aliphatic imine (C=N–C) groups is 4. The van der Waals surface area contributed by atoms with Crippen LogP contribution in [-0.2, 0) is 119 Å². The lowest BCUT2D eigenvalue weighted by Crippen LogP contribution is -2.47. The summed E-state index contributed by atoms with van der Waals surface area (Å²) in [6.45, 7) is 7.91. The highest BCUT2D eigenvalue weighted by atomic mass is 79.9. The fraction of sp³-hybridized carbons (Fsp3) is 0.356. The average Bonchev–Trinajstić information content (AvgIpc) is 1.55. The predicted molar refractivity (Wildman–Crippen MR) is 469 cm³/mol. The number of hydrogen-bond donors (Lipinski definition) is 6. The molecule has 12 aliphatic rings. The molecule has 8 unspecified atom stereocenters. The number of nitrogens with zero attached hydrogens (tertiary/aromatic N) is 12. The topological polar surface area (TPSA) is 348 Å². The van der Waals surface area contributed by atoms with Gasteiger partial charge in [0.25, 0.3) is 0 Å². The van der Waals surface area contributed by atoms with E-state index in [0.717, 1.165) is 225 Å². The van der Waals surface area contributed by atoms with Crippen LogP contribution in [0, 0.1) is 66.8 Å². The zero-order valence-corrected chi connectivity index (χ0v) is 74.8. The highest BCUT2D eigenvalue weighted by molar-refractivity contribution is 9.10. The van der Waals surface area contributed by atoms with Gasteiger partial charge in [0.2, 0.25) is 46.7 Å². The molecule has 4 aromatic heterocycles. The van der Waals surface area contributed by atoms with Crippen molar-refractivity contribution in [2.24, 2.45) is 64.6 Å². The number of guanidine groups is 4. The summed E-state index contributed by atoms with van der Waals surface area (Å²) in [6, 6.07) is 37.5. The van der Waals surface area contributed by atoms with Crippen LogP contribution in [0.1, 0.15) is 138 Å². The predicted octanol–water partition coefficient (Wildman–Crippen LogP) is 14.8. The Bertz CT molecular complexity index is 6000. The molecular formula is C90H87BBr2Cl3F3N16O10. The first-order valence-electron chi connectivity index (χ1n) is 41.1. The van der Waals surface area contributed by atoms with Crippen LogP contribution in [0.25, 0.3) is 22.3 Å². The molecule has 0 fully saturated rings. The second kappa shape index (κ2) is 30.9. The van der Waals surface area contributed by atoms with Crippen molar-refractivity contribution < 1.29 is 60.7 Å². The molecule has 0 bridgehead atoms. The van der Waals surface area contributed by atoms with Crippen LogP contribution < -0.4 is 28.4 Å². The molecule has 8 atom stereocenters. The van der Waals surface area contributed by atoms with Gasteiger partial charge in [-0.1, -0.05) is 124 Å². The van der Waals surface area contributed by atoms with Gasteiger partial charge in [-0.25, -0.2) is 72.7 Å². The number of rotatable bonds is 3. The van der Waals surface area contributed by atoms with Crippen LogP contribution in [0.2, 0.25) is 15.1 Å². The van der Waals surface area contributed by atoms with Crippen LogP contribution in [-0.4, -0.2) is 110 Å². The lowest BCUT2D eigenvalue weighted by Gasteiger charge is -2.43. The van der Waals surface area contributed by atoms with Gasteiger partial charge in [0, 0.05) is 131 Å². The maximum absolute atomic E-state index is 14.0. The Morgan fingerprint density at radius 3 is 1.02 bits per heavy atom. The quantitative estimate of drug-likeness (QED) is 0.0895. The SMILES string of the molecule is Cc1noc2c1CC1(CC2)Cc2ccc(-c3cc(F)cc(Cl)c3)cc2C12N=C(N)N(C)O2.Cc1noc2c1CC1(CC2)Cc2ccc(Br)cc2C12N=C(N)N(C)O2.Cc1onc2c1CC1(CC2)Cc2ccc(-c3cc(F)cc(Cl)c3)cc2C12N=C(N)N(C)O2.Cc1onc2c1CC1(CC2)Cc2ccc(Br)cc2C12N=C(N)N(C)O2.OB(O)c1cc(F)cc(Cl)c1. The number of hydroxylamine groups is 8. The molecule has 23 rings (SSSR count). The smallest absolute Gasteiger partial charge is 0.423 e. The molecule has 8 aliphatic carbocycles. The van der Waals surface area contributed by atoms with E-state index in [-0.39, 0.29) is 43.8 Å². The Labute approximate surface area is 749 Å². The van der Waals surface area contributed by atoms with Gasteiger partial charge in [-0.05, 0) is 259 Å². The van der Waals surface area contributed by atoms with Crippen LogP contribution in [0.15, 0.2) is 174 Å². The van der Waals surface area contributed by atoms with Gasteiger partial charge in [-0.3, -0.25) is 0 Å². The van der Waals surface area contributed by atoms with Crippen molar-refractivity contribution in [3.05, 3.63) is 281 Å². The second-order valence-electron chi connectivity index (χ2n) is 34.8. The lowest BCUT2D eigenvalue weighted by molar-refractivity contribution is -0.224. The molecule has 8 spiro atoms. The third kappa shape index (κ3) is 13.8. The number of halogens is 8. The van der Waals surface area contributed by atoms with Crippen molar-refractivity contribution in [1.29, 1.82) is 0 Å². The number of hydrogen-bond acceptors (Lipinski definition) is 26. The number of fused-ring (bicyclic) bond motifs is 16. The molecule has 11 aromatic rings. The Kier molecular flexibility index (Phi) is 20.8. The summed E-state index contributed by atoms with van der Waals surface area (Å²) < 4.78 is 64.6. The summed E-state index contributed by atoms with van der Waals surface area (Å²) in [5.74, 6) is 3.85. The maximum Gasteiger partial charge on any atom is 0.488 e. The van der Waals surface area contributed by atoms with E-state index >= 15 is 0 Å². The molecule has 0 radical (unpaired) electrons. The molecule has 7 aromatic carbocycles. The Morgan fingerprint density at radius 2 is 0.696 bits per heavy atom. The first kappa shape index (κ1) is 84.4. The summed E-state index contributed by atoms with van der Waals surface area (Å²) in [6.07, 6.45) is 13.3. The molecule has 0 saturated carbocycles. The molecule has 646 valence electrons. The van der Waals surface area contributed by atoms with Gasteiger partial charge in [-0.2, -0.15) is 0 Å². The maximum atomic E-state index is 14.0. The molecule has 4 aliphatic heterocycles. The number of benzene rings is 7. The molecule has 10 N–H and O–H groups in total. The number of aromatic nitrogens is 4. The van der Waals surface area contributed by atoms with Gasteiger partial charge in [-0.15, -0.1) is 0 Å². The first-order chi connectivity index (χ1) is 59.6. The third-order valence-electron chi connectivity index (χ3n) is 27.5. The van der Waals surface area contributed by atoms with E-state index in [9.17, 15) is 13.2 Å². The third-order valence-corrected chi connectivity index (χ3v) is 29.2. The molecule has 8 heterocycles. The van der Waals surface area contributed by atoms with Crippen molar-refractivity contribution >= 4 is 103 Å². The summed E-state index contributed by atoms with van der Waals surface area (Å²) in [7, 11) is 5.50. The van der Waals surface area contributed by atoms with Gasteiger partial charge in [0.15, 0.2) is 0 Å². The summed E-state index contributed by atoms with van der Waals surface area (Å²) >= 11 is 24.9. The number of aryl methyl sites for hydroxylation is 8. The lowest BCUT2D eigenvalue weighted by atomic mass is 9.66. The minimum absolute atomic E-state index is 0.0509. The largest absolute Gasteiger partial charge is 0.488 e. The minimum Gasteiger partial charge on any atom is -0.423 e. The van der Waals surface area contributed by atoms with E-state index < -0.39 is 35.8 Å². The van der Waals surface area contributed by atoms with Crippen LogP contribution >= 0.6 is 66.7 Å². The van der Waals surface area contributed by atoms with Gasteiger partial charge < -0.3 is 51.1 Å². The second-order valence-corrected chi connectivity index (χ2v) is 37.9. The first-order valence-corrected chi connectivity index (χ1v) is 43.8. The Balaban J connectivity index is 0.000000105. The minimum atomic E-state index is -1.68. The fourth-order valence-corrected chi connectivity index (χ4v) is 22.7. The van der Waals surface area contributed by atoms with Crippen LogP contribution in [0.4, 0.5) is 13.2 Å². The molecule has 26 nitrogen and oxygen atoms in total. The highest BCUT2D eigenvalue weighted by Gasteiger charge is 2.69. The monoisotopic (exact) mass is 1880 g/mol. The van der Waals surface area contributed by atoms with Gasteiger partial charge >= 0.3 is 7.12 Å². The van der Waals surface area contributed by atoms with E-state index in [0.29, 0.717) is 45.0 Å². The molecular weight excluding hydrogens is 1800 g/mol. The summed E-state index contributed by atoms with van der Waals surface area (Å²) in [5.41, 5.74) is 40.9. The van der Waals surface area contributed by atoms with E-state index in [1.165, 1.54) is 52.6 Å². The van der Waals surface area contributed by atoms with Crippen molar-refractivity contribution in [1.82, 2.24) is 40.9 Å². The fourth-order valence-electron chi connectivity index (χ4n) is 21.3. The van der Waals surface area contributed by atoms with Crippen molar-refractivity contribution in [3.63, 3.8) is 0 Å². The Hall–Kier alpha value is -10.1. The van der Waals surface area contributed by atoms with E-state index in [1.54, 1.807) is 46.5 Å². The average molecular weight is 1890 g/mol. The summed E-state index contributed by atoms with van der Waals surface area (Å²) in [5, 5.41) is 41.1. The highest BCUT2D eigenvalue weighted by Crippen LogP contribution is 2.66. The molecule has 0 amide bonds. The van der Waals surface area contributed by atoms with Crippen LogP contribution in [0.5, 0.6) is 0 Å². The standard InChI is InChI=1S/2C24H22ClFN4O2.2C18H19BrN4O2.C6H5BClFO2/c1-13-19-12-23(6-5-21(19)29-31-13)11-15-4-3-14(16-7-17(25)10-18(26)8-16)9-20(15)24(23)28-22(27)30(2)32-24;1-13-19-12-23(6-5-21(19)31-29-13)11-15-4-3-14(16-7-17(25)10-18(26)8-16)9-20(15)24(23)28-22(27)30(2)32-24;1-10-13-9-17(6-5-15(13)22-24-10)8-11-3-4-12(19)7-14(11)18(17)21-16(20)23(2)25-18;1-10-13-9-17(6-5-15(13)24-22-10)8-11-3-4-12(19)7-14(11)18(17)21-16(20)23(2)25-18;8-5-1-4(7(10)11)2-6(9)3-5/h2*3-4,7-10H,5-6,11-12H2,1-2H3,(H2,27,28);2*3-4,7H,5-6,8-9H2,1-2H3,(H2,20,21);1-3,10-11H. The van der Waals surface area contributed by atoms with Crippen molar-refractivity contribution in [2.45, 2.75) is 153 Å². The van der Waals surface area contributed by atoms with E-state index in [1.807, 2.05) is 66.1 Å². The summed E-state index contributed by atoms with van der Waals surface area (Å²) in [4.78, 5) is 45.2. The van der Waals surface area contributed by atoms with Crippen molar-refractivity contribution in [3.8, 4) is 22.3 Å². The van der Waals surface area contributed by atoms with Gasteiger partial charge in [0.05, 0.1) is 22.8 Å². The normalized spacial score (nSPS) is 26.2. The number of nitrogens with two attached hydrogens (primary N) is 4. The molecule has 35 heteroatoms. The van der Waals surface area contributed by atoms with Crippen molar-refractivity contribution in [2.75, 3.05) is 28.2 Å². The molecule has 125 heavy (non-hydrogen) atoms. The zero-order chi connectivity index (χ0) is 87.7. The van der Waals surface area contributed by atoms with E-state index in [2.05, 4.69) is 101 Å². The van der Waals surface area contributed by atoms with Crippen LogP contribution in [0.3, 0.4) is 0 Å².